The molecule has 13 heteroatoms. The lowest BCUT2D eigenvalue weighted by molar-refractivity contribution is 0.583. The molecule has 9 nitrogen and oxygen atoms in total. The normalized spacial score (nSPS) is 12.4. The van der Waals surface area contributed by atoms with Gasteiger partial charge >= 0.3 is 0 Å². The fourth-order valence-corrected chi connectivity index (χ4v) is 13.8. The van der Waals surface area contributed by atoms with E-state index >= 15 is 25.3 Å². The Morgan fingerprint density at radius 2 is 0.684 bits per heavy atom. The van der Waals surface area contributed by atoms with Gasteiger partial charge in [0.25, 0.3) is 20.0 Å². The summed E-state index contributed by atoms with van der Waals surface area (Å²) in [6.45, 7) is 0. The summed E-state index contributed by atoms with van der Waals surface area (Å²) < 4.78 is 121. The number of nitrogens with zero attached hydrogens (tertiary/aromatic N) is 1. The van der Waals surface area contributed by atoms with E-state index in [1.54, 1.807) is 91.0 Å². The molecule has 0 radical (unpaired) electrons. The highest BCUT2D eigenvalue weighted by atomic mass is 32.3. The average molecular weight is 830 g/mol. The Balaban J connectivity index is 1.68. The number of hydrogen-bond donors (Lipinski definition) is 0. The van der Waals surface area contributed by atoms with Crippen molar-refractivity contribution in [2.45, 2.75) is 29.4 Å². The van der Waals surface area contributed by atoms with E-state index < -0.39 is 60.1 Å². The predicted molar refractivity (Wildman–Crippen MR) is 220 cm³/mol. The average Bonchev–Trinajstić information content (AvgIpc) is 3.24. The van der Waals surface area contributed by atoms with E-state index in [0.717, 1.165) is 0 Å². The predicted octanol–water partition coefficient (Wildman–Crippen LogP) is 8.91. The van der Waals surface area contributed by atoms with Crippen LogP contribution in [0.15, 0.2) is 217 Å². The molecule has 0 unspecified atom stereocenters. The first-order valence-corrected chi connectivity index (χ1v) is 23.3. The molecule has 0 spiro atoms. The van der Waals surface area contributed by atoms with Crippen molar-refractivity contribution in [3.63, 3.8) is 0 Å². The van der Waals surface area contributed by atoms with Crippen LogP contribution in [-0.4, -0.2) is 33.7 Å². The van der Waals surface area contributed by atoms with Gasteiger partial charge in [0, 0.05) is 11.1 Å². The highest BCUT2D eigenvalue weighted by molar-refractivity contribution is 8.10. The molecular weight excluding hydrogens is 799 g/mol. The summed E-state index contributed by atoms with van der Waals surface area (Å²) in [4.78, 5) is -2.24. The van der Waals surface area contributed by atoms with Crippen LogP contribution in [0.3, 0.4) is 0 Å². The maximum absolute atomic E-state index is 15.3. The molecule has 0 aliphatic heterocycles. The van der Waals surface area contributed by atoms with Gasteiger partial charge in [0.15, 0.2) is 0 Å². The Bertz CT molecular complexity index is 3200. The smallest absolute Gasteiger partial charge is 0.218 e. The van der Waals surface area contributed by atoms with Crippen molar-refractivity contribution in [2.24, 2.45) is 0 Å². The summed E-state index contributed by atoms with van der Waals surface area (Å²) >= 11 is 0. The minimum Gasteiger partial charge on any atom is -0.218 e. The minimum atomic E-state index is -5.25. The van der Waals surface area contributed by atoms with Crippen LogP contribution < -0.4 is 3.71 Å². The van der Waals surface area contributed by atoms with Crippen LogP contribution in [0, 0.1) is 0 Å². The van der Waals surface area contributed by atoms with E-state index in [1.807, 2.05) is 0 Å². The van der Waals surface area contributed by atoms with Crippen LogP contribution in [0.2, 0.25) is 0 Å². The summed E-state index contributed by atoms with van der Waals surface area (Å²) in [6.07, 6.45) is 0. The van der Waals surface area contributed by atoms with Crippen LogP contribution >= 0.6 is 0 Å². The van der Waals surface area contributed by atoms with E-state index in [0.29, 0.717) is 10.8 Å². The molecule has 0 atom stereocenters. The second-order valence-electron chi connectivity index (χ2n) is 12.9. The van der Waals surface area contributed by atoms with Crippen LogP contribution in [0.5, 0.6) is 0 Å². The number of anilines is 1. The van der Waals surface area contributed by atoms with Crippen molar-refractivity contribution in [1.82, 2.24) is 0 Å². The largest absolute Gasteiger partial charge is 0.277 e. The molecule has 0 saturated heterocycles. The second kappa shape index (κ2) is 14.4. The van der Waals surface area contributed by atoms with Crippen molar-refractivity contribution in [3.05, 3.63) is 188 Å². The molecule has 0 fully saturated rings. The molecule has 0 bridgehead atoms. The van der Waals surface area contributed by atoms with Crippen LogP contribution in [0.1, 0.15) is 0 Å². The van der Waals surface area contributed by atoms with Gasteiger partial charge in [0.05, 0.1) is 35.1 Å². The molecule has 284 valence electrons. The van der Waals surface area contributed by atoms with Crippen LogP contribution in [0.25, 0.3) is 32.7 Å². The molecular formula is C44H31NO8S4. The van der Waals surface area contributed by atoms with Crippen molar-refractivity contribution < 1.29 is 33.7 Å². The lowest BCUT2D eigenvalue weighted by Gasteiger charge is -2.30. The van der Waals surface area contributed by atoms with Gasteiger partial charge in [-0.15, -0.1) is 0 Å². The fraction of sp³-hybridized carbons (Fsp3) is 0. The lowest BCUT2D eigenvalue weighted by atomic mass is 9.92. The van der Waals surface area contributed by atoms with Gasteiger partial charge in [-0.3, -0.25) is 0 Å². The summed E-state index contributed by atoms with van der Waals surface area (Å²) in [5.74, 6) is 0. The second-order valence-corrected chi connectivity index (χ2v) is 20.6. The lowest BCUT2D eigenvalue weighted by Crippen LogP contribution is -2.38. The molecule has 8 aromatic carbocycles. The van der Waals surface area contributed by atoms with Crippen molar-refractivity contribution in [1.29, 1.82) is 0 Å². The fourth-order valence-electron chi connectivity index (χ4n) is 6.88. The molecule has 57 heavy (non-hydrogen) atoms. The quantitative estimate of drug-likeness (QED) is 0.133. The van der Waals surface area contributed by atoms with Crippen LogP contribution in [-0.2, 0) is 39.7 Å². The molecule has 0 aliphatic rings. The summed E-state index contributed by atoms with van der Waals surface area (Å²) in [6, 6.07) is 45.8. The van der Waals surface area contributed by atoms with Gasteiger partial charge < -0.3 is 0 Å². The number of rotatable bonds is 10. The SMILES string of the molecule is O=S(=O)(c1ccccc1)c1cc2ccccc2c(-c2c(S(=O)(=O)c3ccccc3)ccc3ccccc23)c1N(S(=O)(=O)c1ccccc1)S(=O)(=O)c1ccccc1. The molecule has 8 rings (SSSR count). The Morgan fingerprint density at radius 1 is 0.316 bits per heavy atom. The zero-order valence-corrected chi connectivity index (χ0v) is 33.0. The Hall–Kier alpha value is -6.12. The topological polar surface area (TPSA) is 140 Å². The first kappa shape index (κ1) is 37.8. The van der Waals surface area contributed by atoms with Crippen molar-refractivity contribution in [3.8, 4) is 11.1 Å². The van der Waals surface area contributed by atoms with Gasteiger partial charge in [-0.1, -0.05) is 127 Å². The molecule has 0 saturated carbocycles. The highest BCUT2D eigenvalue weighted by Crippen LogP contribution is 2.51. The van der Waals surface area contributed by atoms with E-state index in [9.17, 15) is 8.42 Å². The Morgan fingerprint density at radius 3 is 1.16 bits per heavy atom. The number of fused-ring (bicyclic) bond motifs is 2. The summed E-state index contributed by atoms with van der Waals surface area (Å²) in [7, 11) is -19.8. The monoisotopic (exact) mass is 829 g/mol. The van der Waals surface area contributed by atoms with Crippen molar-refractivity contribution in [2.75, 3.05) is 3.71 Å². The van der Waals surface area contributed by atoms with E-state index in [-0.39, 0.29) is 40.3 Å². The number of benzene rings is 8. The third-order valence-corrected chi connectivity index (χ3v) is 17.3. The van der Waals surface area contributed by atoms with Gasteiger partial charge in [0.1, 0.15) is 0 Å². The Kier molecular flexibility index (Phi) is 9.57. The number of sulfone groups is 2. The van der Waals surface area contributed by atoms with Crippen LogP contribution in [0.4, 0.5) is 5.69 Å². The highest BCUT2D eigenvalue weighted by Gasteiger charge is 2.44. The van der Waals surface area contributed by atoms with Gasteiger partial charge in [-0.25, -0.2) is 33.7 Å². The first-order chi connectivity index (χ1) is 27.3. The van der Waals surface area contributed by atoms with E-state index in [4.69, 9.17) is 0 Å². The summed E-state index contributed by atoms with van der Waals surface area (Å²) in [5.41, 5.74) is -1.11. The zero-order chi connectivity index (χ0) is 40.0. The maximum atomic E-state index is 15.3. The van der Waals surface area contributed by atoms with Gasteiger partial charge in [0.2, 0.25) is 19.7 Å². The van der Waals surface area contributed by atoms with Gasteiger partial charge in [-0.05, 0) is 82.2 Å². The van der Waals surface area contributed by atoms with E-state index in [1.165, 1.54) is 97.1 Å². The third-order valence-electron chi connectivity index (χ3n) is 9.52. The maximum Gasteiger partial charge on any atom is 0.277 e. The Labute approximate surface area is 331 Å². The molecule has 8 aromatic rings. The van der Waals surface area contributed by atoms with E-state index in [2.05, 4.69) is 0 Å². The summed E-state index contributed by atoms with van der Waals surface area (Å²) in [5, 5.41) is 1.28. The van der Waals surface area contributed by atoms with Gasteiger partial charge in [-0.2, -0.15) is 3.71 Å². The van der Waals surface area contributed by atoms with Crippen molar-refractivity contribution >= 4 is 67.0 Å². The molecule has 0 aliphatic carbocycles. The molecule has 0 N–H and O–H groups in total. The minimum absolute atomic E-state index is 0.0916. The first-order valence-electron chi connectivity index (χ1n) is 17.4. The zero-order valence-electron chi connectivity index (χ0n) is 29.7. The molecule has 0 heterocycles. The number of hydrogen-bond acceptors (Lipinski definition) is 8. The third kappa shape index (κ3) is 6.48. The molecule has 0 aromatic heterocycles. The standard InChI is InChI=1S/C44H31NO8S4/c46-54(47,34-19-5-1-6-20-34)40-30-29-32-17-13-15-27-38(32)42(40)43-39-28-16-14-18-33(39)31-41(55(48,49)35-21-7-2-8-22-35)44(43)45(56(50,51)36-23-9-3-10-24-36)57(52,53)37-25-11-4-12-26-37/h1-31H. The molecule has 0 amide bonds. The number of sulfonamides is 2.